The van der Waals surface area contributed by atoms with E-state index in [-0.39, 0.29) is 6.10 Å². The number of pyridine rings is 1. The molecule has 0 amide bonds. The summed E-state index contributed by atoms with van der Waals surface area (Å²) in [5, 5.41) is 3.16. The van der Waals surface area contributed by atoms with E-state index >= 15 is 0 Å². The molecule has 0 aliphatic carbocycles. The van der Waals surface area contributed by atoms with Gasteiger partial charge in [-0.25, -0.2) is 9.98 Å². The fraction of sp³-hybridized carbons (Fsp3) is 0.130. The van der Waals surface area contributed by atoms with E-state index in [9.17, 15) is 0 Å². The Balaban J connectivity index is 1.27. The highest BCUT2D eigenvalue weighted by atomic mass is 32.1. The zero-order chi connectivity index (χ0) is 18.8. The second-order valence-corrected chi connectivity index (χ2v) is 7.53. The number of ether oxygens (including phenoxy) is 2. The maximum absolute atomic E-state index is 6.05. The molecule has 2 aromatic carbocycles. The normalized spacial score (nSPS) is 16.0. The Morgan fingerprint density at radius 2 is 1.96 bits per heavy atom. The molecule has 0 saturated heterocycles. The van der Waals surface area contributed by atoms with Gasteiger partial charge < -0.3 is 9.47 Å². The van der Waals surface area contributed by atoms with Crippen molar-refractivity contribution in [1.29, 1.82) is 0 Å². The van der Waals surface area contributed by atoms with E-state index in [1.807, 2.05) is 60.0 Å². The summed E-state index contributed by atoms with van der Waals surface area (Å²) in [7, 11) is 0. The predicted octanol–water partition coefficient (Wildman–Crippen LogP) is 5.39. The Morgan fingerprint density at radius 1 is 1.00 bits per heavy atom. The number of benzene rings is 2. The maximum Gasteiger partial charge on any atom is 0.227 e. The molecule has 138 valence electrons. The average molecular weight is 386 g/mol. The zero-order valence-corrected chi connectivity index (χ0v) is 15.9. The van der Waals surface area contributed by atoms with E-state index in [0.29, 0.717) is 13.2 Å². The van der Waals surface area contributed by atoms with Crippen molar-refractivity contribution in [2.24, 2.45) is 4.99 Å². The van der Waals surface area contributed by atoms with Crippen molar-refractivity contribution in [3.05, 3.63) is 94.3 Å². The molecule has 3 heterocycles. The Hall–Kier alpha value is -3.18. The molecule has 5 rings (SSSR count). The summed E-state index contributed by atoms with van der Waals surface area (Å²) in [6.45, 7) is 1.06. The fourth-order valence-electron chi connectivity index (χ4n) is 3.24. The van der Waals surface area contributed by atoms with Gasteiger partial charge in [0.05, 0.1) is 22.6 Å². The van der Waals surface area contributed by atoms with Crippen molar-refractivity contribution < 1.29 is 9.47 Å². The molecule has 1 atom stereocenters. The van der Waals surface area contributed by atoms with Gasteiger partial charge in [-0.05, 0) is 41.3 Å². The molecule has 1 aliphatic rings. The Morgan fingerprint density at radius 3 is 2.89 bits per heavy atom. The number of hydrogen-bond acceptors (Lipinski definition) is 5. The Labute approximate surface area is 167 Å². The highest BCUT2D eigenvalue weighted by Crippen LogP contribution is 2.29. The van der Waals surface area contributed by atoms with Gasteiger partial charge >= 0.3 is 0 Å². The minimum atomic E-state index is -0.0700. The third-order valence-corrected chi connectivity index (χ3v) is 5.52. The van der Waals surface area contributed by atoms with Gasteiger partial charge in [0.25, 0.3) is 0 Å². The summed E-state index contributed by atoms with van der Waals surface area (Å²) >= 11 is 1.64. The number of aromatic nitrogens is 1. The van der Waals surface area contributed by atoms with Crippen LogP contribution < -0.4 is 4.74 Å². The molecule has 0 bridgehead atoms. The van der Waals surface area contributed by atoms with Crippen LogP contribution in [0.1, 0.15) is 22.2 Å². The highest BCUT2D eigenvalue weighted by molar-refractivity contribution is 7.12. The number of aliphatic imine (C=N–C) groups is 1. The Bertz CT molecular complexity index is 1140. The van der Waals surface area contributed by atoms with Crippen LogP contribution >= 0.6 is 11.3 Å². The van der Waals surface area contributed by atoms with E-state index in [1.165, 1.54) is 0 Å². The van der Waals surface area contributed by atoms with Crippen molar-refractivity contribution in [3.8, 4) is 5.75 Å². The molecule has 28 heavy (non-hydrogen) atoms. The molecule has 0 radical (unpaired) electrons. The van der Waals surface area contributed by atoms with E-state index < -0.39 is 0 Å². The van der Waals surface area contributed by atoms with Gasteiger partial charge in [-0.15, -0.1) is 11.3 Å². The lowest BCUT2D eigenvalue weighted by Crippen LogP contribution is -2.05. The molecule has 1 aliphatic heterocycles. The molecule has 0 spiro atoms. The summed E-state index contributed by atoms with van der Waals surface area (Å²) in [6.07, 6.45) is -0.0700. The van der Waals surface area contributed by atoms with Gasteiger partial charge in [-0.3, -0.25) is 0 Å². The molecule has 0 N–H and O–H groups in total. The van der Waals surface area contributed by atoms with Crippen LogP contribution in [0.3, 0.4) is 0 Å². The van der Waals surface area contributed by atoms with E-state index in [4.69, 9.17) is 9.47 Å². The largest absolute Gasteiger partial charge is 0.487 e. The first-order valence-electron chi connectivity index (χ1n) is 9.17. The second-order valence-electron chi connectivity index (χ2n) is 6.59. The van der Waals surface area contributed by atoms with Crippen LogP contribution in [0.2, 0.25) is 0 Å². The predicted molar refractivity (Wildman–Crippen MR) is 112 cm³/mol. The topological polar surface area (TPSA) is 43.7 Å². The lowest BCUT2D eigenvalue weighted by Gasteiger charge is -2.13. The van der Waals surface area contributed by atoms with Crippen molar-refractivity contribution in [1.82, 2.24) is 4.98 Å². The molecule has 5 heteroatoms. The number of fused-ring (bicyclic) bond motifs is 1. The second kappa shape index (κ2) is 7.44. The standard InChI is InChI=1S/C23H18N2O2S/c1-2-8-20-16(5-1)10-11-18(25-20)15-26-19-7-3-6-17(13-19)21-14-24-23(27-21)22-9-4-12-28-22/h1-13,21H,14-15H2. The third kappa shape index (κ3) is 3.49. The summed E-state index contributed by atoms with van der Waals surface area (Å²) in [5.41, 5.74) is 2.96. The van der Waals surface area contributed by atoms with Crippen molar-refractivity contribution in [2.45, 2.75) is 12.7 Å². The van der Waals surface area contributed by atoms with Crippen LogP contribution in [-0.4, -0.2) is 17.4 Å². The SMILES string of the molecule is c1cc(OCc2ccc3ccccc3n2)cc(C2CN=C(c3cccs3)O2)c1. The van der Waals surface area contributed by atoms with Gasteiger partial charge in [0.15, 0.2) is 0 Å². The summed E-state index contributed by atoms with van der Waals surface area (Å²) in [5.74, 6) is 1.53. The van der Waals surface area contributed by atoms with Crippen molar-refractivity contribution in [2.75, 3.05) is 6.54 Å². The van der Waals surface area contributed by atoms with Crippen LogP contribution in [0.15, 0.2) is 83.2 Å². The van der Waals surface area contributed by atoms with Crippen LogP contribution in [0.25, 0.3) is 10.9 Å². The van der Waals surface area contributed by atoms with Crippen molar-refractivity contribution >= 4 is 28.1 Å². The van der Waals surface area contributed by atoms with Gasteiger partial charge in [0.1, 0.15) is 18.5 Å². The minimum Gasteiger partial charge on any atom is -0.487 e. The summed E-state index contributed by atoms with van der Waals surface area (Å²) in [4.78, 5) is 10.3. The maximum atomic E-state index is 6.05. The number of rotatable bonds is 5. The molecule has 4 aromatic rings. The van der Waals surface area contributed by atoms with E-state index in [0.717, 1.165) is 38.7 Å². The van der Waals surface area contributed by atoms with Gasteiger partial charge in [-0.2, -0.15) is 0 Å². The molecule has 2 aromatic heterocycles. The van der Waals surface area contributed by atoms with E-state index in [2.05, 4.69) is 28.2 Å². The van der Waals surface area contributed by atoms with Gasteiger partial charge in [-0.1, -0.05) is 42.5 Å². The Kier molecular flexibility index (Phi) is 4.51. The number of thiophene rings is 1. The highest BCUT2D eigenvalue weighted by Gasteiger charge is 2.23. The average Bonchev–Trinajstić information content (AvgIpc) is 3.44. The zero-order valence-electron chi connectivity index (χ0n) is 15.1. The summed E-state index contributed by atoms with van der Waals surface area (Å²) < 4.78 is 12.0. The monoisotopic (exact) mass is 386 g/mol. The smallest absolute Gasteiger partial charge is 0.227 e. The summed E-state index contributed by atoms with van der Waals surface area (Å²) in [6, 6.07) is 24.2. The van der Waals surface area contributed by atoms with Gasteiger partial charge in [0.2, 0.25) is 5.90 Å². The number of hydrogen-bond donors (Lipinski definition) is 0. The molecular formula is C23H18N2O2S. The van der Waals surface area contributed by atoms with Crippen LogP contribution in [0, 0.1) is 0 Å². The quantitative estimate of drug-likeness (QED) is 0.462. The van der Waals surface area contributed by atoms with Gasteiger partial charge in [0, 0.05) is 5.39 Å². The number of nitrogens with zero attached hydrogens (tertiary/aromatic N) is 2. The first-order valence-corrected chi connectivity index (χ1v) is 10.1. The van der Waals surface area contributed by atoms with Crippen LogP contribution in [-0.2, 0) is 11.3 Å². The molecule has 1 unspecified atom stereocenters. The number of para-hydroxylation sites is 1. The van der Waals surface area contributed by atoms with E-state index in [1.54, 1.807) is 11.3 Å². The lowest BCUT2D eigenvalue weighted by molar-refractivity contribution is 0.229. The van der Waals surface area contributed by atoms with Crippen molar-refractivity contribution in [3.63, 3.8) is 0 Å². The minimum absolute atomic E-state index is 0.0700. The van der Waals surface area contributed by atoms with Crippen LogP contribution in [0.5, 0.6) is 5.75 Å². The first-order chi connectivity index (χ1) is 13.8. The van der Waals surface area contributed by atoms with Crippen LogP contribution in [0.4, 0.5) is 0 Å². The fourth-order valence-corrected chi connectivity index (χ4v) is 3.91. The molecular weight excluding hydrogens is 368 g/mol. The third-order valence-electron chi connectivity index (χ3n) is 4.66. The molecule has 4 nitrogen and oxygen atoms in total. The first kappa shape index (κ1) is 17.0. The molecule has 0 saturated carbocycles. The lowest BCUT2D eigenvalue weighted by atomic mass is 10.1. The molecule has 0 fully saturated rings.